The summed E-state index contributed by atoms with van der Waals surface area (Å²) in [6.07, 6.45) is 0.830. The topological polar surface area (TPSA) is 62.9 Å². The SMILES string of the molecule is O=C(c1ccc(Oc2ccccc2)o1)N1CCC(CO)C1. The molecular weight excluding hydrogens is 270 g/mol. The fourth-order valence-corrected chi connectivity index (χ4v) is 2.42. The van der Waals surface area contributed by atoms with Crippen molar-refractivity contribution < 1.29 is 19.1 Å². The normalized spacial score (nSPS) is 18.0. The van der Waals surface area contributed by atoms with E-state index in [1.165, 1.54) is 0 Å². The van der Waals surface area contributed by atoms with Crippen LogP contribution in [0.3, 0.4) is 0 Å². The van der Waals surface area contributed by atoms with E-state index in [9.17, 15) is 4.79 Å². The molecule has 1 aromatic heterocycles. The monoisotopic (exact) mass is 287 g/mol. The summed E-state index contributed by atoms with van der Waals surface area (Å²) in [5.41, 5.74) is 0. The predicted molar refractivity (Wildman–Crippen MR) is 76.3 cm³/mol. The summed E-state index contributed by atoms with van der Waals surface area (Å²) in [5, 5.41) is 9.12. The summed E-state index contributed by atoms with van der Waals surface area (Å²) < 4.78 is 11.0. The molecular formula is C16H17NO4. The molecule has 1 fully saturated rings. The predicted octanol–water partition coefficient (Wildman–Crippen LogP) is 2.53. The van der Waals surface area contributed by atoms with Gasteiger partial charge in [0.05, 0.1) is 0 Å². The Balaban J connectivity index is 1.66. The largest absolute Gasteiger partial charge is 0.426 e. The van der Waals surface area contributed by atoms with E-state index in [2.05, 4.69) is 0 Å². The summed E-state index contributed by atoms with van der Waals surface area (Å²) >= 11 is 0. The van der Waals surface area contributed by atoms with Crippen molar-refractivity contribution in [3.8, 4) is 11.7 Å². The molecule has 0 spiro atoms. The number of amides is 1. The van der Waals surface area contributed by atoms with Gasteiger partial charge < -0.3 is 19.2 Å². The molecule has 0 saturated carbocycles. The van der Waals surface area contributed by atoms with Gasteiger partial charge >= 0.3 is 0 Å². The Kier molecular flexibility index (Phi) is 3.92. The first-order valence-corrected chi connectivity index (χ1v) is 6.99. The van der Waals surface area contributed by atoms with Gasteiger partial charge in [0.25, 0.3) is 11.9 Å². The number of carbonyl (C=O) groups excluding carboxylic acids is 1. The number of carbonyl (C=O) groups is 1. The van der Waals surface area contributed by atoms with E-state index in [0.717, 1.165) is 6.42 Å². The molecule has 1 N–H and O–H groups in total. The summed E-state index contributed by atoms with van der Waals surface area (Å²) in [7, 11) is 0. The molecule has 110 valence electrons. The van der Waals surface area contributed by atoms with E-state index in [1.807, 2.05) is 30.3 Å². The van der Waals surface area contributed by atoms with E-state index in [-0.39, 0.29) is 24.2 Å². The lowest BCUT2D eigenvalue weighted by molar-refractivity contribution is 0.0745. The maximum absolute atomic E-state index is 12.3. The van der Waals surface area contributed by atoms with Gasteiger partial charge in [-0.1, -0.05) is 18.2 Å². The quantitative estimate of drug-likeness (QED) is 0.938. The van der Waals surface area contributed by atoms with Gasteiger partial charge in [0.2, 0.25) is 0 Å². The van der Waals surface area contributed by atoms with Crippen LogP contribution < -0.4 is 4.74 Å². The van der Waals surface area contributed by atoms with Gasteiger partial charge in [-0.05, 0) is 24.6 Å². The van der Waals surface area contributed by atoms with E-state index in [1.54, 1.807) is 17.0 Å². The second-order valence-corrected chi connectivity index (χ2v) is 5.12. The van der Waals surface area contributed by atoms with Crippen LogP contribution in [-0.2, 0) is 0 Å². The van der Waals surface area contributed by atoms with Crippen LogP contribution in [0.25, 0.3) is 0 Å². The van der Waals surface area contributed by atoms with Crippen molar-refractivity contribution in [2.45, 2.75) is 6.42 Å². The number of hydrogen-bond donors (Lipinski definition) is 1. The molecule has 0 bridgehead atoms. The summed E-state index contributed by atoms with van der Waals surface area (Å²) in [5.74, 6) is 1.23. The molecule has 5 heteroatoms. The van der Waals surface area contributed by atoms with Gasteiger partial charge in [0, 0.05) is 31.7 Å². The van der Waals surface area contributed by atoms with Gasteiger partial charge in [-0.15, -0.1) is 0 Å². The second kappa shape index (κ2) is 6.01. The number of aliphatic hydroxyl groups excluding tert-OH is 1. The fraction of sp³-hybridized carbons (Fsp3) is 0.312. The number of rotatable bonds is 4. The van der Waals surface area contributed by atoms with Crippen molar-refractivity contribution in [2.24, 2.45) is 5.92 Å². The molecule has 1 unspecified atom stereocenters. The number of para-hydroxylation sites is 1. The number of likely N-dealkylation sites (tertiary alicyclic amines) is 1. The molecule has 0 radical (unpaired) electrons. The van der Waals surface area contributed by atoms with Crippen LogP contribution in [0.1, 0.15) is 17.0 Å². The van der Waals surface area contributed by atoms with Crippen molar-refractivity contribution in [1.29, 1.82) is 0 Å². The highest BCUT2D eigenvalue weighted by atomic mass is 16.6. The highest BCUT2D eigenvalue weighted by Crippen LogP contribution is 2.25. The fourth-order valence-electron chi connectivity index (χ4n) is 2.42. The highest BCUT2D eigenvalue weighted by molar-refractivity contribution is 5.91. The third-order valence-corrected chi connectivity index (χ3v) is 3.59. The van der Waals surface area contributed by atoms with Crippen molar-refractivity contribution in [1.82, 2.24) is 4.90 Å². The molecule has 1 amide bonds. The minimum atomic E-state index is -0.158. The Morgan fingerprint density at radius 3 is 2.81 bits per heavy atom. The zero-order chi connectivity index (χ0) is 14.7. The first-order chi connectivity index (χ1) is 10.3. The van der Waals surface area contributed by atoms with E-state index in [4.69, 9.17) is 14.3 Å². The molecule has 1 aliphatic rings. The molecule has 2 aromatic rings. The lowest BCUT2D eigenvalue weighted by Crippen LogP contribution is -2.28. The summed E-state index contributed by atoms with van der Waals surface area (Å²) in [6.45, 7) is 1.34. The van der Waals surface area contributed by atoms with Crippen LogP contribution in [0, 0.1) is 5.92 Å². The van der Waals surface area contributed by atoms with Crippen LogP contribution in [0.4, 0.5) is 0 Å². The van der Waals surface area contributed by atoms with Gasteiger partial charge in [0.1, 0.15) is 5.75 Å². The molecule has 3 rings (SSSR count). The first-order valence-electron chi connectivity index (χ1n) is 6.99. The lowest BCUT2D eigenvalue weighted by atomic mass is 10.1. The molecule has 1 aliphatic heterocycles. The Labute approximate surface area is 122 Å². The average Bonchev–Trinajstić information content (AvgIpc) is 3.16. The van der Waals surface area contributed by atoms with Crippen LogP contribution in [0.2, 0.25) is 0 Å². The van der Waals surface area contributed by atoms with E-state index >= 15 is 0 Å². The van der Waals surface area contributed by atoms with E-state index in [0.29, 0.717) is 24.8 Å². The van der Waals surface area contributed by atoms with Gasteiger partial charge in [0.15, 0.2) is 5.76 Å². The van der Waals surface area contributed by atoms with Gasteiger partial charge in [-0.2, -0.15) is 0 Å². The maximum atomic E-state index is 12.3. The molecule has 21 heavy (non-hydrogen) atoms. The highest BCUT2D eigenvalue weighted by Gasteiger charge is 2.28. The number of benzene rings is 1. The van der Waals surface area contributed by atoms with Crippen molar-refractivity contribution >= 4 is 5.91 Å². The Morgan fingerprint density at radius 1 is 1.29 bits per heavy atom. The molecule has 1 saturated heterocycles. The molecule has 5 nitrogen and oxygen atoms in total. The maximum Gasteiger partial charge on any atom is 0.290 e. The number of nitrogens with zero attached hydrogens (tertiary/aromatic N) is 1. The third-order valence-electron chi connectivity index (χ3n) is 3.59. The van der Waals surface area contributed by atoms with Crippen LogP contribution >= 0.6 is 0 Å². The standard InChI is InChI=1S/C16H17NO4/c18-11-12-8-9-17(10-12)16(19)14-6-7-15(21-14)20-13-4-2-1-3-5-13/h1-7,12,18H,8-11H2. The summed E-state index contributed by atoms with van der Waals surface area (Å²) in [4.78, 5) is 14.0. The van der Waals surface area contributed by atoms with Crippen LogP contribution in [0.15, 0.2) is 46.9 Å². The minimum absolute atomic E-state index is 0.115. The molecule has 0 aliphatic carbocycles. The zero-order valence-corrected chi connectivity index (χ0v) is 11.6. The number of aliphatic hydroxyl groups is 1. The average molecular weight is 287 g/mol. The molecule has 2 heterocycles. The number of hydrogen-bond acceptors (Lipinski definition) is 4. The van der Waals surface area contributed by atoms with Crippen LogP contribution in [0.5, 0.6) is 11.7 Å². The Hall–Kier alpha value is -2.27. The number of furan rings is 1. The Bertz CT molecular complexity index is 608. The smallest absolute Gasteiger partial charge is 0.290 e. The molecule has 1 aromatic carbocycles. The molecule has 1 atom stereocenters. The third kappa shape index (κ3) is 3.08. The van der Waals surface area contributed by atoms with Crippen molar-refractivity contribution in [2.75, 3.05) is 19.7 Å². The van der Waals surface area contributed by atoms with Crippen molar-refractivity contribution in [3.05, 3.63) is 48.2 Å². The van der Waals surface area contributed by atoms with Gasteiger partial charge in [-0.25, -0.2) is 0 Å². The Morgan fingerprint density at radius 2 is 2.10 bits per heavy atom. The summed E-state index contributed by atoms with van der Waals surface area (Å²) in [6, 6.07) is 12.5. The first kappa shape index (κ1) is 13.7. The van der Waals surface area contributed by atoms with Crippen molar-refractivity contribution in [3.63, 3.8) is 0 Å². The van der Waals surface area contributed by atoms with Crippen LogP contribution in [-0.4, -0.2) is 35.6 Å². The van der Waals surface area contributed by atoms with Gasteiger partial charge in [-0.3, -0.25) is 4.79 Å². The van der Waals surface area contributed by atoms with E-state index < -0.39 is 0 Å². The zero-order valence-electron chi connectivity index (χ0n) is 11.6. The lowest BCUT2D eigenvalue weighted by Gasteiger charge is -2.14. The second-order valence-electron chi connectivity index (χ2n) is 5.12. The minimum Gasteiger partial charge on any atom is -0.426 e. The number of ether oxygens (including phenoxy) is 1.